The second-order valence-electron chi connectivity index (χ2n) is 8.81. The number of benzene rings is 2. The van der Waals surface area contributed by atoms with E-state index in [-0.39, 0.29) is 11.6 Å². The maximum atomic E-state index is 12.8. The molecule has 0 aliphatic carbocycles. The van der Waals surface area contributed by atoms with E-state index in [1.165, 1.54) is 5.56 Å². The number of ether oxygens (including phenoxy) is 1. The van der Waals surface area contributed by atoms with Crippen LogP contribution >= 0.6 is 0 Å². The van der Waals surface area contributed by atoms with E-state index in [1.807, 2.05) is 24.3 Å². The second kappa shape index (κ2) is 8.67. The van der Waals surface area contributed by atoms with Crippen molar-refractivity contribution >= 4 is 27.3 Å². The summed E-state index contributed by atoms with van der Waals surface area (Å²) in [5.41, 5.74) is 2.24. The van der Waals surface area contributed by atoms with Gasteiger partial charge in [-0.3, -0.25) is 14.3 Å². The molecule has 2 aliphatic rings. The summed E-state index contributed by atoms with van der Waals surface area (Å²) in [6.07, 6.45) is 3.83. The van der Waals surface area contributed by atoms with Crippen LogP contribution in [-0.4, -0.2) is 56.4 Å². The molecule has 0 amide bonds. The smallest absolute Gasteiger partial charge is 0.229 e. The molecule has 4 rings (SSSR count). The summed E-state index contributed by atoms with van der Waals surface area (Å²) in [4.78, 5) is 26.6. The molecule has 2 aromatic rings. The van der Waals surface area contributed by atoms with E-state index in [0.29, 0.717) is 23.4 Å². The van der Waals surface area contributed by atoms with E-state index in [9.17, 15) is 18.0 Å². The predicted molar refractivity (Wildman–Crippen MR) is 123 cm³/mol. The molecule has 170 valence electrons. The Balaban J connectivity index is 1.35. The third-order valence-electron chi connectivity index (χ3n) is 6.24. The van der Waals surface area contributed by atoms with Crippen LogP contribution in [0.1, 0.15) is 52.5 Å². The average Bonchev–Trinajstić information content (AvgIpc) is 2.73. The number of rotatable bonds is 6. The zero-order valence-corrected chi connectivity index (χ0v) is 19.2. The third kappa shape index (κ3) is 5.19. The number of sulfonamides is 1. The summed E-state index contributed by atoms with van der Waals surface area (Å²) in [5.74, 6) is 0.589. The van der Waals surface area contributed by atoms with Gasteiger partial charge in [0, 0.05) is 43.7 Å². The van der Waals surface area contributed by atoms with Gasteiger partial charge >= 0.3 is 0 Å². The van der Waals surface area contributed by atoms with Gasteiger partial charge in [-0.05, 0) is 37.1 Å². The molecule has 0 unspecified atom stereocenters. The monoisotopic (exact) mass is 456 g/mol. The van der Waals surface area contributed by atoms with Gasteiger partial charge in [-0.25, -0.2) is 8.42 Å². The Bertz CT molecular complexity index is 1130. The minimum Gasteiger partial charge on any atom is -0.486 e. The molecule has 32 heavy (non-hydrogen) atoms. The lowest BCUT2D eigenvalue weighted by Gasteiger charge is -2.44. The van der Waals surface area contributed by atoms with Gasteiger partial charge < -0.3 is 9.64 Å². The van der Waals surface area contributed by atoms with E-state index in [1.54, 1.807) is 25.1 Å². The van der Waals surface area contributed by atoms with Crippen molar-refractivity contribution in [3.05, 3.63) is 59.2 Å². The number of carbonyl (C=O) groups excluding carboxylic acids is 2. The Hall–Kier alpha value is -2.71. The number of Topliss-reactive ketones (excluding diaryl/α,β-unsaturated/α-hetero) is 2. The van der Waals surface area contributed by atoms with Crippen LogP contribution in [0.25, 0.3) is 0 Å². The highest BCUT2D eigenvalue weighted by Gasteiger charge is 2.42. The Labute approximate surface area is 188 Å². The summed E-state index contributed by atoms with van der Waals surface area (Å²) in [5, 5.41) is 0. The summed E-state index contributed by atoms with van der Waals surface area (Å²) in [7, 11) is -3.41. The van der Waals surface area contributed by atoms with Crippen molar-refractivity contribution in [1.82, 2.24) is 4.90 Å². The maximum Gasteiger partial charge on any atom is 0.229 e. The first-order valence-electron chi connectivity index (χ1n) is 10.8. The van der Waals surface area contributed by atoms with Crippen molar-refractivity contribution in [2.24, 2.45) is 0 Å². The Kier molecular flexibility index (Phi) is 6.09. The van der Waals surface area contributed by atoms with Crippen LogP contribution in [-0.2, 0) is 16.4 Å². The first-order chi connectivity index (χ1) is 15.1. The normalized spacial score (nSPS) is 18.1. The molecule has 2 heterocycles. The predicted octanol–water partition coefficient (Wildman–Crippen LogP) is 3.30. The molecule has 1 saturated heterocycles. The van der Waals surface area contributed by atoms with Crippen molar-refractivity contribution in [1.29, 1.82) is 0 Å². The average molecular weight is 457 g/mol. The second-order valence-corrected chi connectivity index (χ2v) is 10.6. The number of carbonyl (C=O) groups is 2. The molecule has 2 aliphatic heterocycles. The lowest BCUT2D eigenvalue weighted by molar-refractivity contribution is -0.00865. The number of likely N-dealkylation sites (tertiary alicyclic amines) is 1. The van der Waals surface area contributed by atoms with Gasteiger partial charge in [-0.2, -0.15) is 0 Å². The van der Waals surface area contributed by atoms with Crippen LogP contribution in [0.4, 0.5) is 5.69 Å². The van der Waals surface area contributed by atoms with E-state index >= 15 is 0 Å². The third-order valence-corrected chi connectivity index (χ3v) is 6.84. The molecule has 8 heteroatoms. The lowest BCUT2D eigenvalue weighted by Crippen LogP contribution is -2.51. The van der Waals surface area contributed by atoms with Crippen molar-refractivity contribution in [3.8, 4) is 5.75 Å². The maximum absolute atomic E-state index is 12.8. The summed E-state index contributed by atoms with van der Waals surface area (Å²) >= 11 is 0. The SMILES string of the molecule is CC(=O)c1ccc(CCN2CCC3(CC2)CC(=O)c2cc(NS(C)(=O)=O)ccc2O3)cc1. The number of fused-ring (bicyclic) bond motifs is 1. The summed E-state index contributed by atoms with van der Waals surface area (Å²) in [6, 6.07) is 12.6. The van der Waals surface area contributed by atoms with E-state index in [4.69, 9.17) is 4.74 Å². The number of hydrogen-bond acceptors (Lipinski definition) is 6. The van der Waals surface area contributed by atoms with Gasteiger partial charge in [-0.15, -0.1) is 0 Å². The molecule has 0 radical (unpaired) electrons. The largest absolute Gasteiger partial charge is 0.486 e. The molecule has 1 spiro atoms. The van der Waals surface area contributed by atoms with Crippen molar-refractivity contribution < 1.29 is 22.7 Å². The number of nitrogens with one attached hydrogen (secondary N) is 1. The van der Waals surface area contributed by atoms with Gasteiger partial charge in [0.25, 0.3) is 0 Å². The standard InChI is InChI=1S/C24H28N2O5S/c1-17(27)19-5-3-18(4-6-19)9-12-26-13-10-24(11-14-26)16-22(28)21-15-20(25-32(2,29)30)7-8-23(21)31-24/h3-8,15,25H,9-14,16H2,1-2H3. The van der Waals surface area contributed by atoms with Crippen LogP contribution in [0.2, 0.25) is 0 Å². The van der Waals surface area contributed by atoms with Crippen LogP contribution in [0.5, 0.6) is 5.75 Å². The molecular formula is C24H28N2O5S. The molecule has 1 N–H and O–H groups in total. The highest BCUT2D eigenvalue weighted by Crippen LogP contribution is 2.40. The Morgan fingerprint density at radius 1 is 1.12 bits per heavy atom. The van der Waals surface area contributed by atoms with E-state index < -0.39 is 15.6 Å². The topological polar surface area (TPSA) is 92.8 Å². The van der Waals surface area contributed by atoms with Gasteiger partial charge in [0.15, 0.2) is 11.6 Å². The highest BCUT2D eigenvalue weighted by atomic mass is 32.2. The van der Waals surface area contributed by atoms with E-state index in [0.717, 1.165) is 50.7 Å². The first-order valence-corrected chi connectivity index (χ1v) is 12.7. The lowest BCUT2D eigenvalue weighted by atomic mass is 9.82. The fourth-order valence-electron chi connectivity index (χ4n) is 4.43. The summed E-state index contributed by atoms with van der Waals surface area (Å²) < 4.78 is 31.6. The Morgan fingerprint density at radius 3 is 2.44 bits per heavy atom. The molecule has 0 aromatic heterocycles. The molecular weight excluding hydrogens is 428 g/mol. The van der Waals surface area contributed by atoms with Gasteiger partial charge in [0.1, 0.15) is 11.4 Å². The van der Waals surface area contributed by atoms with E-state index in [2.05, 4.69) is 9.62 Å². The van der Waals surface area contributed by atoms with Gasteiger partial charge in [-0.1, -0.05) is 24.3 Å². The van der Waals surface area contributed by atoms with Crippen molar-refractivity contribution in [2.75, 3.05) is 30.6 Å². The molecule has 7 nitrogen and oxygen atoms in total. The van der Waals surface area contributed by atoms with Crippen LogP contribution < -0.4 is 9.46 Å². The van der Waals surface area contributed by atoms with Crippen molar-refractivity contribution in [2.45, 2.75) is 38.2 Å². The number of anilines is 1. The highest BCUT2D eigenvalue weighted by molar-refractivity contribution is 7.92. The molecule has 0 bridgehead atoms. The van der Waals surface area contributed by atoms with Gasteiger partial charge in [0.2, 0.25) is 10.0 Å². The zero-order valence-electron chi connectivity index (χ0n) is 18.4. The minimum atomic E-state index is -3.41. The first kappa shape index (κ1) is 22.5. The summed E-state index contributed by atoms with van der Waals surface area (Å²) in [6.45, 7) is 4.19. The quantitative estimate of drug-likeness (QED) is 0.671. The van der Waals surface area contributed by atoms with Crippen LogP contribution in [0, 0.1) is 0 Å². The Morgan fingerprint density at radius 2 is 1.81 bits per heavy atom. The zero-order chi connectivity index (χ0) is 22.9. The fraction of sp³-hybridized carbons (Fsp3) is 0.417. The number of piperidine rings is 1. The molecule has 2 aromatic carbocycles. The minimum absolute atomic E-state index is 0.0117. The number of hydrogen-bond donors (Lipinski definition) is 1. The van der Waals surface area contributed by atoms with Crippen LogP contribution in [0.15, 0.2) is 42.5 Å². The number of ketones is 2. The molecule has 0 saturated carbocycles. The molecule has 1 fully saturated rings. The number of nitrogens with zero attached hydrogens (tertiary/aromatic N) is 1. The molecule has 0 atom stereocenters. The van der Waals surface area contributed by atoms with Crippen LogP contribution in [0.3, 0.4) is 0 Å². The van der Waals surface area contributed by atoms with Gasteiger partial charge in [0.05, 0.1) is 18.2 Å². The fourth-order valence-corrected chi connectivity index (χ4v) is 4.98. The van der Waals surface area contributed by atoms with Crippen molar-refractivity contribution in [3.63, 3.8) is 0 Å².